The SMILES string of the molecule is C#C.C#Cc1cnc(CC)c(S(=C)(=C)Nc2ccc(F)c([C@@H]3CC/C(=C(/C)C(=C)NC(C)=NC)N(C)C3)c2F)c1. The van der Waals surface area contributed by atoms with E-state index in [1.807, 2.05) is 33.9 Å². The molecule has 1 aromatic heterocycles. The molecule has 40 heavy (non-hydrogen) atoms. The van der Waals surface area contributed by atoms with Gasteiger partial charge in [-0.25, -0.2) is 8.78 Å². The van der Waals surface area contributed by atoms with Gasteiger partial charge >= 0.3 is 0 Å². The molecule has 0 spiro atoms. The Morgan fingerprint density at radius 2 is 1.95 bits per heavy atom. The van der Waals surface area contributed by atoms with Gasteiger partial charge in [0.2, 0.25) is 0 Å². The van der Waals surface area contributed by atoms with E-state index in [1.165, 1.54) is 12.1 Å². The van der Waals surface area contributed by atoms with Crippen molar-refractivity contribution in [2.24, 2.45) is 4.99 Å². The van der Waals surface area contributed by atoms with E-state index < -0.39 is 21.0 Å². The lowest BCUT2D eigenvalue weighted by molar-refractivity contribution is 0.300. The van der Waals surface area contributed by atoms with Crippen LogP contribution in [0.4, 0.5) is 14.5 Å². The minimum Gasteiger partial charge on any atom is -0.377 e. The third-order valence-corrected chi connectivity index (χ3v) is 8.74. The van der Waals surface area contributed by atoms with Crippen molar-refractivity contribution in [1.29, 1.82) is 0 Å². The number of aliphatic imine (C=N–C) groups is 1. The third-order valence-electron chi connectivity index (χ3n) is 6.93. The van der Waals surface area contributed by atoms with Crippen LogP contribution in [-0.4, -0.2) is 48.1 Å². The number of amidine groups is 1. The summed E-state index contributed by atoms with van der Waals surface area (Å²) in [7, 11) is 1.41. The molecule has 3 rings (SSSR count). The Hall–Kier alpha value is -4.01. The van der Waals surface area contributed by atoms with Crippen LogP contribution >= 0.6 is 9.39 Å². The minimum atomic E-state index is -2.24. The standard InChI is InChI=1S/C30H37F2N5S.C2H2/c1-10-22-16-28(25(11-2)34-17-22)38(8,9)36-26-14-13-24(31)29(30(26)32)23-12-15-27(37(7)18-23)19(3)20(4)35-21(5)33-6;1-2/h1,13-14,16-17,23,36H,4,8-9,11-12,15,18H2,2-3,5-7H3,(H,33,35);1-2H/b27-19+;/t23-;/m1./s1. The summed E-state index contributed by atoms with van der Waals surface area (Å²) in [5.74, 6) is 10.4. The van der Waals surface area contributed by atoms with Crippen LogP contribution in [-0.2, 0) is 6.42 Å². The monoisotopic (exact) mass is 563 g/mol. The van der Waals surface area contributed by atoms with Crippen molar-refractivity contribution in [2.45, 2.75) is 50.8 Å². The Kier molecular flexibility index (Phi) is 11.2. The number of aryl methyl sites for hydroxylation is 1. The molecule has 0 saturated carbocycles. The van der Waals surface area contributed by atoms with Crippen LogP contribution in [0, 0.1) is 36.8 Å². The number of likely N-dealkylation sites (N-methyl/N-ethyl adjacent to an activating group) is 1. The maximum absolute atomic E-state index is 15.9. The van der Waals surface area contributed by atoms with Crippen LogP contribution in [0.1, 0.15) is 56.4 Å². The summed E-state index contributed by atoms with van der Waals surface area (Å²) < 4.78 is 34.2. The van der Waals surface area contributed by atoms with Crippen molar-refractivity contribution in [3.05, 3.63) is 76.4 Å². The Morgan fingerprint density at radius 1 is 1.27 bits per heavy atom. The lowest BCUT2D eigenvalue weighted by Crippen LogP contribution is -2.32. The molecule has 2 N–H and O–H groups in total. The van der Waals surface area contributed by atoms with Crippen LogP contribution in [0.2, 0.25) is 0 Å². The van der Waals surface area contributed by atoms with Gasteiger partial charge in [0.15, 0.2) is 5.82 Å². The molecule has 0 bridgehead atoms. The van der Waals surface area contributed by atoms with Crippen molar-refractivity contribution in [1.82, 2.24) is 15.2 Å². The van der Waals surface area contributed by atoms with E-state index in [4.69, 9.17) is 6.42 Å². The number of pyridine rings is 1. The van der Waals surface area contributed by atoms with Gasteiger partial charge in [-0.05, 0) is 56.9 Å². The second-order valence-corrected chi connectivity index (χ2v) is 12.0. The van der Waals surface area contributed by atoms with Crippen molar-refractivity contribution in [2.75, 3.05) is 25.4 Å². The van der Waals surface area contributed by atoms with Gasteiger partial charge in [-0.1, -0.05) is 31.2 Å². The lowest BCUT2D eigenvalue weighted by atomic mass is 9.87. The number of likely N-dealkylation sites (tertiary alicyclic amines) is 1. The maximum Gasteiger partial charge on any atom is 0.153 e. The van der Waals surface area contributed by atoms with Gasteiger partial charge in [0.25, 0.3) is 0 Å². The molecule has 0 unspecified atom stereocenters. The number of terminal acetylenes is 2. The molecule has 1 aliphatic heterocycles. The summed E-state index contributed by atoms with van der Waals surface area (Å²) >= 11 is 0. The molecule has 1 saturated heterocycles. The Morgan fingerprint density at radius 3 is 2.52 bits per heavy atom. The first-order chi connectivity index (χ1) is 18.9. The molecule has 0 amide bonds. The summed E-state index contributed by atoms with van der Waals surface area (Å²) in [5, 5.41) is 3.18. The highest BCUT2D eigenvalue weighted by Crippen LogP contribution is 2.41. The highest BCUT2D eigenvalue weighted by atomic mass is 32.2. The van der Waals surface area contributed by atoms with Crippen LogP contribution in [0.3, 0.4) is 0 Å². The summed E-state index contributed by atoms with van der Waals surface area (Å²) in [6.07, 6.45) is 17.1. The van der Waals surface area contributed by atoms with Gasteiger partial charge < -0.3 is 14.9 Å². The van der Waals surface area contributed by atoms with Gasteiger partial charge in [-0.15, -0.1) is 28.7 Å². The number of halogens is 2. The highest BCUT2D eigenvalue weighted by molar-refractivity contribution is 8.28. The Balaban J connectivity index is 0.00000274. The Bertz CT molecular complexity index is 1490. The zero-order chi connectivity index (χ0) is 30.2. The van der Waals surface area contributed by atoms with Gasteiger partial charge in [0.05, 0.1) is 17.2 Å². The number of hydrogen-bond donors (Lipinski definition) is 2. The zero-order valence-corrected chi connectivity index (χ0v) is 24.9. The minimum absolute atomic E-state index is 0.0749. The molecule has 5 nitrogen and oxygen atoms in total. The lowest BCUT2D eigenvalue weighted by Gasteiger charge is -2.36. The first kappa shape index (κ1) is 32.2. The summed E-state index contributed by atoms with van der Waals surface area (Å²) in [4.78, 5) is 11.4. The predicted octanol–water partition coefficient (Wildman–Crippen LogP) is 6.44. The van der Waals surface area contributed by atoms with Gasteiger partial charge in [0.1, 0.15) is 5.82 Å². The molecular formula is C32H39F2N5S. The molecule has 1 fully saturated rings. The van der Waals surface area contributed by atoms with Crippen LogP contribution in [0.25, 0.3) is 0 Å². The van der Waals surface area contributed by atoms with E-state index in [-0.39, 0.29) is 17.2 Å². The summed E-state index contributed by atoms with van der Waals surface area (Å²) in [6.45, 7) is 10.4. The van der Waals surface area contributed by atoms with Crippen molar-refractivity contribution in [3.63, 3.8) is 0 Å². The average molecular weight is 564 g/mol. The van der Waals surface area contributed by atoms with E-state index >= 15 is 8.78 Å². The van der Waals surface area contributed by atoms with E-state index in [0.29, 0.717) is 31.4 Å². The van der Waals surface area contributed by atoms with Gasteiger partial charge in [-0.2, -0.15) is 0 Å². The van der Waals surface area contributed by atoms with Crippen molar-refractivity contribution >= 4 is 32.7 Å². The van der Waals surface area contributed by atoms with Crippen LogP contribution in [0.5, 0.6) is 0 Å². The van der Waals surface area contributed by atoms with E-state index in [2.05, 4.69) is 62.0 Å². The molecule has 2 aromatic rings. The predicted molar refractivity (Wildman–Crippen MR) is 170 cm³/mol. The topological polar surface area (TPSA) is 52.6 Å². The molecule has 1 atom stereocenters. The molecule has 8 heteroatoms. The van der Waals surface area contributed by atoms with Gasteiger partial charge in [-0.3, -0.25) is 9.98 Å². The number of nitrogens with zero attached hydrogens (tertiary/aromatic N) is 3. The number of piperidine rings is 1. The fraction of sp³-hybridized carbons (Fsp3) is 0.312. The number of allylic oxidation sites excluding steroid dienone is 2. The number of anilines is 1. The number of nitrogens with one attached hydrogen (secondary N) is 2. The molecule has 1 aliphatic rings. The van der Waals surface area contributed by atoms with Crippen molar-refractivity contribution in [3.8, 4) is 25.2 Å². The van der Waals surface area contributed by atoms with E-state index in [0.717, 1.165) is 33.4 Å². The highest BCUT2D eigenvalue weighted by Gasteiger charge is 2.29. The van der Waals surface area contributed by atoms with E-state index in [9.17, 15) is 0 Å². The first-order valence-electron chi connectivity index (χ1n) is 12.8. The first-order valence-corrected chi connectivity index (χ1v) is 14.7. The third kappa shape index (κ3) is 7.14. The largest absolute Gasteiger partial charge is 0.377 e. The van der Waals surface area contributed by atoms with Crippen molar-refractivity contribution < 1.29 is 8.78 Å². The molecule has 0 aliphatic carbocycles. The second kappa shape index (κ2) is 13.9. The normalized spacial score (nSPS) is 16.8. The summed E-state index contributed by atoms with van der Waals surface area (Å²) in [6, 6.07) is 4.54. The van der Waals surface area contributed by atoms with Gasteiger partial charge in [0, 0.05) is 60.2 Å². The number of rotatable bonds is 7. The average Bonchev–Trinajstić information content (AvgIpc) is 2.94. The number of benzene rings is 1. The quantitative estimate of drug-likeness (QED) is 0.176. The van der Waals surface area contributed by atoms with Crippen LogP contribution in [0.15, 0.2) is 57.8 Å². The fourth-order valence-corrected chi connectivity index (χ4v) is 6.42. The molecular weight excluding hydrogens is 524 g/mol. The molecule has 0 radical (unpaired) electrons. The zero-order valence-electron chi connectivity index (χ0n) is 24.1. The number of hydrogen-bond acceptors (Lipinski definition) is 4. The van der Waals surface area contributed by atoms with Crippen LogP contribution < -0.4 is 10.0 Å². The maximum atomic E-state index is 15.9. The van der Waals surface area contributed by atoms with E-state index in [1.54, 1.807) is 13.2 Å². The number of aromatic nitrogens is 1. The molecule has 1 aromatic carbocycles. The fourth-order valence-electron chi connectivity index (χ4n) is 4.73. The molecule has 2 heterocycles. The Labute approximate surface area is 239 Å². The second-order valence-electron chi connectivity index (χ2n) is 9.58. The smallest absolute Gasteiger partial charge is 0.153 e. The molecule has 212 valence electrons. The summed E-state index contributed by atoms with van der Waals surface area (Å²) in [5.41, 5.74) is 4.48.